The molecule has 0 spiro atoms. The summed E-state index contributed by atoms with van der Waals surface area (Å²) in [5, 5.41) is 5.62. The molecule has 0 aliphatic carbocycles. The van der Waals surface area contributed by atoms with Crippen molar-refractivity contribution in [1.29, 1.82) is 0 Å². The van der Waals surface area contributed by atoms with Crippen LogP contribution in [0.5, 0.6) is 0 Å². The molecule has 1 N–H and O–H groups in total. The maximum absolute atomic E-state index is 4.37. The van der Waals surface area contributed by atoms with E-state index in [1.807, 2.05) is 5.51 Å². The smallest absolute Gasteiger partial charge is 0.0795 e. The molecule has 0 saturated heterocycles. The maximum atomic E-state index is 4.37. The van der Waals surface area contributed by atoms with Crippen molar-refractivity contribution in [3.63, 3.8) is 0 Å². The molecule has 2 aromatic rings. The third-order valence-corrected chi connectivity index (χ3v) is 4.33. The number of halogens is 1. The summed E-state index contributed by atoms with van der Waals surface area (Å²) in [7, 11) is 2.12. The average Bonchev–Trinajstić information content (AvgIpc) is 2.91. The number of nitrogens with zero attached hydrogens (tertiary/aromatic N) is 2. The van der Waals surface area contributed by atoms with Crippen LogP contribution in [-0.2, 0) is 13.1 Å². The Balaban J connectivity index is 2.09. The first-order valence-corrected chi connectivity index (χ1v) is 8.87. The Labute approximate surface area is 139 Å². The van der Waals surface area contributed by atoms with E-state index in [0.29, 0.717) is 5.92 Å². The molecule has 3 nitrogen and oxygen atoms in total. The second-order valence-corrected chi connectivity index (χ2v) is 7.27. The van der Waals surface area contributed by atoms with Crippen molar-refractivity contribution in [2.24, 2.45) is 5.92 Å². The summed E-state index contributed by atoms with van der Waals surface area (Å²) in [5.74, 6) is 0.660. The Morgan fingerprint density at radius 2 is 2.19 bits per heavy atom. The zero-order chi connectivity index (χ0) is 15.2. The highest BCUT2D eigenvalue weighted by atomic mass is 79.9. The van der Waals surface area contributed by atoms with Gasteiger partial charge in [0, 0.05) is 29.1 Å². The summed E-state index contributed by atoms with van der Waals surface area (Å²) in [5.41, 5.74) is 5.56. The van der Waals surface area contributed by atoms with Crippen molar-refractivity contribution in [3.05, 3.63) is 44.8 Å². The number of hydrogen-bond acceptors (Lipinski definition) is 4. The molecule has 114 valence electrons. The number of aromatic nitrogens is 1. The fourth-order valence-electron chi connectivity index (χ4n) is 2.21. The van der Waals surface area contributed by atoms with Crippen LogP contribution < -0.4 is 10.2 Å². The Hall–Kier alpha value is -0.910. The molecule has 0 unspecified atom stereocenters. The van der Waals surface area contributed by atoms with Crippen molar-refractivity contribution in [2.75, 3.05) is 18.5 Å². The molecule has 21 heavy (non-hydrogen) atoms. The van der Waals surface area contributed by atoms with Crippen molar-refractivity contribution < 1.29 is 0 Å². The molecule has 0 fully saturated rings. The van der Waals surface area contributed by atoms with Crippen LogP contribution in [-0.4, -0.2) is 18.6 Å². The predicted molar refractivity (Wildman–Crippen MR) is 94.9 cm³/mol. The van der Waals surface area contributed by atoms with E-state index in [-0.39, 0.29) is 0 Å². The molecular weight excluding hydrogens is 346 g/mol. The van der Waals surface area contributed by atoms with Crippen LogP contribution in [0, 0.1) is 5.92 Å². The van der Waals surface area contributed by atoms with Gasteiger partial charge in [-0.2, -0.15) is 0 Å². The Kier molecular flexibility index (Phi) is 6.21. The van der Waals surface area contributed by atoms with Gasteiger partial charge in [0.2, 0.25) is 0 Å². The van der Waals surface area contributed by atoms with Gasteiger partial charge in [-0.25, -0.2) is 4.98 Å². The number of anilines is 1. The van der Waals surface area contributed by atoms with E-state index in [1.165, 1.54) is 11.3 Å². The molecule has 0 aliphatic rings. The summed E-state index contributed by atoms with van der Waals surface area (Å²) in [6.07, 6.45) is 0. The lowest BCUT2D eigenvalue weighted by Gasteiger charge is -2.22. The largest absolute Gasteiger partial charge is 0.368 e. The van der Waals surface area contributed by atoms with E-state index in [0.717, 1.165) is 29.8 Å². The monoisotopic (exact) mass is 367 g/mol. The Morgan fingerprint density at radius 1 is 1.38 bits per heavy atom. The lowest BCUT2D eigenvalue weighted by molar-refractivity contribution is 0.552. The number of hydrogen-bond donors (Lipinski definition) is 1. The van der Waals surface area contributed by atoms with Gasteiger partial charge in [0.05, 0.1) is 17.7 Å². The Bertz CT molecular complexity index is 555. The second kappa shape index (κ2) is 7.92. The lowest BCUT2D eigenvalue weighted by Crippen LogP contribution is -2.23. The minimum Gasteiger partial charge on any atom is -0.368 e. The zero-order valence-corrected chi connectivity index (χ0v) is 15.2. The minimum atomic E-state index is 0.660. The van der Waals surface area contributed by atoms with Crippen LogP contribution in [0.1, 0.15) is 25.1 Å². The summed E-state index contributed by atoms with van der Waals surface area (Å²) in [4.78, 5) is 6.62. The van der Waals surface area contributed by atoms with Crippen LogP contribution >= 0.6 is 27.3 Å². The molecule has 1 heterocycles. The van der Waals surface area contributed by atoms with E-state index in [9.17, 15) is 0 Å². The van der Waals surface area contributed by atoms with Crippen LogP contribution in [0.25, 0.3) is 0 Å². The lowest BCUT2D eigenvalue weighted by atomic mass is 10.1. The molecule has 1 aromatic heterocycles. The summed E-state index contributed by atoms with van der Waals surface area (Å²) >= 11 is 5.21. The van der Waals surface area contributed by atoms with Gasteiger partial charge in [-0.15, -0.1) is 11.3 Å². The molecule has 0 amide bonds. The molecule has 0 atom stereocenters. The summed E-state index contributed by atoms with van der Waals surface area (Å²) in [6.45, 7) is 7.20. The highest BCUT2D eigenvalue weighted by molar-refractivity contribution is 9.10. The topological polar surface area (TPSA) is 28.2 Å². The van der Waals surface area contributed by atoms with Crippen molar-refractivity contribution in [3.8, 4) is 0 Å². The first-order valence-electron chi connectivity index (χ1n) is 7.13. The quantitative estimate of drug-likeness (QED) is 0.790. The third kappa shape index (κ3) is 5.09. The van der Waals surface area contributed by atoms with Crippen LogP contribution in [0.4, 0.5) is 5.69 Å². The van der Waals surface area contributed by atoms with E-state index < -0.39 is 0 Å². The molecule has 5 heteroatoms. The molecule has 0 bridgehead atoms. The van der Waals surface area contributed by atoms with Crippen LogP contribution in [0.2, 0.25) is 0 Å². The maximum Gasteiger partial charge on any atom is 0.0795 e. The van der Waals surface area contributed by atoms with Gasteiger partial charge < -0.3 is 10.2 Å². The van der Waals surface area contributed by atoms with Gasteiger partial charge in [-0.3, -0.25) is 0 Å². The first-order chi connectivity index (χ1) is 10.1. The minimum absolute atomic E-state index is 0.660. The molecular formula is C16H22BrN3S. The standard InChI is InChI=1S/C16H22BrN3S/c1-12(2)7-18-8-13-6-14(17)4-5-16(13)20(3)9-15-10-21-11-19-15/h4-6,10-12,18H,7-9H2,1-3H3. The van der Waals surface area contributed by atoms with Crippen LogP contribution in [0.3, 0.4) is 0 Å². The third-order valence-electron chi connectivity index (χ3n) is 3.20. The van der Waals surface area contributed by atoms with E-state index in [4.69, 9.17) is 0 Å². The highest BCUT2D eigenvalue weighted by Gasteiger charge is 2.10. The normalized spacial score (nSPS) is 11.1. The summed E-state index contributed by atoms with van der Waals surface area (Å²) in [6, 6.07) is 6.46. The zero-order valence-electron chi connectivity index (χ0n) is 12.8. The van der Waals surface area contributed by atoms with E-state index >= 15 is 0 Å². The predicted octanol–water partition coefficient (Wildman–Crippen LogP) is 4.29. The van der Waals surface area contributed by atoms with Crippen molar-refractivity contribution in [1.82, 2.24) is 10.3 Å². The second-order valence-electron chi connectivity index (χ2n) is 5.63. The SMILES string of the molecule is CC(C)CNCc1cc(Br)ccc1N(C)Cc1cscn1. The van der Waals surface area contributed by atoms with Gasteiger partial charge in [-0.05, 0) is 36.2 Å². The average molecular weight is 368 g/mol. The van der Waals surface area contributed by atoms with Crippen LogP contribution in [0.15, 0.2) is 33.6 Å². The van der Waals surface area contributed by atoms with Crippen molar-refractivity contribution >= 4 is 33.0 Å². The van der Waals surface area contributed by atoms with Gasteiger partial charge in [-0.1, -0.05) is 29.8 Å². The van der Waals surface area contributed by atoms with Gasteiger partial charge in [0.1, 0.15) is 0 Å². The number of thiazole rings is 1. The van der Waals surface area contributed by atoms with Gasteiger partial charge >= 0.3 is 0 Å². The molecule has 0 aliphatic heterocycles. The molecule has 0 saturated carbocycles. The van der Waals surface area contributed by atoms with Gasteiger partial charge in [0.15, 0.2) is 0 Å². The van der Waals surface area contributed by atoms with Crippen molar-refractivity contribution in [2.45, 2.75) is 26.9 Å². The number of rotatable bonds is 7. The fraction of sp³-hybridized carbons (Fsp3) is 0.438. The number of nitrogens with one attached hydrogen (secondary N) is 1. The van der Waals surface area contributed by atoms with E-state index in [1.54, 1.807) is 11.3 Å². The first kappa shape index (κ1) is 16.5. The Morgan fingerprint density at radius 3 is 2.86 bits per heavy atom. The summed E-state index contributed by atoms with van der Waals surface area (Å²) < 4.78 is 1.12. The number of benzene rings is 1. The molecule has 1 aromatic carbocycles. The molecule has 0 radical (unpaired) electrons. The van der Waals surface area contributed by atoms with Gasteiger partial charge in [0.25, 0.3) is 0 Å². The fourth-order valence-corrected chi connectivity index (χ4v) is 3.17. The van der Waals surface area contributed by atoms with E-state index in [2.05, 4.69) is 75.6 Å². The highest BCUT2D eigenvalue weighted by Crippen LogP contribution is 2.25. The molecule has 2 rings (SSSR count).